The van der Waals surface area contributed by atoms with Crippen LogP contribution in [0, 0.1) is 0 Å². The summed E-state index contributed by atoms with van der Waals surface area (Å²) in [6.07, 6.45) is 2.88. The van der Waals surface area contributed by atoms with E-state index in [9.17, 15) is 9.59 Å². The van der Waals surface area contributed by atoms with Crippen molar-refractivity contribution in [1.82, 2.24) is 0 Å². The minimum Gasteiger partial charge on any atom is -0.494 e. The Balaban J connectivity index is 1.41. The molecule has 2 N–H and O–H groups in total. The summed E-state index contributed by atoms with van der Waals surface area (Å²) in [6.45, 7) is 0. The molecule has 3 aromatic carbocycles. The first kappa shape index (κ1) is 25.4. The average Bonchev–Trinajstić information content (AvgIpc) is 3.32. The molecule has 4 aromatic rings. The molecule has 0 bridgehead atoms. The van der Waals surface area contributed by atoms with E-state index in [1.807, 2.05) is 0 Å². The number of furan rings is 1. The standard InChI is InChI=1S/C27H19Cl3N2O4/c1-35-25-15-19(6-9-23(25)32-27(34)21-4-2-3-5-22(21)30)31-26(33)11-8-20-7-10-24(36-20)16-12-17(28)14-18(29)13-16/h2-15H,1H3,(H,31,33)(H,32,34)/b11-8+. The molecule has 4 rings (SSSR count). The number of methoxy groups -OCH3 is 1. The molecule has 0 saturated carbocycles. The Kier molecular flexibility index (Phi) is 8.00. The molecule has 36 heavy (non-hydrogen) atoms. The van der Waals surface area contributed by atoms with Gasteiger partial charge in [-0.05, 0) is 60.7 Å². The van der Waals surface area contributed by atoms with Gasteiger partial charge in [0.2, 0.25) is 5.91 Å². The molecule has 182 valence electrons. The highest BCUT2D eigenvalue weighted by molar-refractivity contribution is 6.35. The number of rotatable bonds is 7. The highest BCUT2D eigenvalue weighted by Gasteiger charge is 2.13. The number of benzene rings is 3. The maximum atomic E-state index is 12.6. The second-order valence-electron chi connectivity index (χ2n) is 7.53. The van der Waals surface area contributed by atoms with Crippen LogP contribution in [-0.2, 0) is 4.79 Å². The Bertz CT molecular complexity index is 1440. The lowest BCUT2D eigenvalue weighted by Gasteiger charge is -2.12. The first-order valence-electron chi connectivity index (χ1n) is 10.6. The largest absolute Gasteiger partial charge is 0.494 e. The lowest BCUT2D eigenvalue weighted by Crippen LogP contribution is -2.13. The van der Waals surface area contributed by atoms with Crippen molar-refractivity contribution in [2.45, 2.75) is 0 Å². The van der Waals surface area contributed by atoms with Crippen LogP contribution in [0.2, 0.25) is 15.1 Å². The Morgan fingerprint density at radius 2 is 1.64 bits per heavy atom. The van der Waals surface area contributed by atoms with Crippen LogP contribution >= 0.6 is 34.8 Å². The normalized spacial score (nSPS) is 10.9. The fourth-order valence-electron chi connectivity index (χ4n) is 3.34. The lowest BCUT2D eigenvalue weighted by atomic mass is 10.2. The zero-order valence-electron chi connectivity index (χ0n) is 18.8. The smallest absolute Gasteiger partial charge is 0.257 e. The van der Waals surface area contributed by atoms with Gasteiger partial charge in [0, 0.05) is 33.4 Å². The van der Waals surface area contributed by atoms with Crippen LogP contribution in [0.1, 0.15) is 16.1 Å². The van der Waals surface area contributed by atoms with E-state index in [1.165, 1.54) is 13.2 Å². The summed E-state index contributed by atoms with van der Waals surface area (Å²) in [5, 5.41) is 6.84. The quantitative estimate of drug-likeness (QED) is 0.234. The molecule has 0 fully saturated rings. The van der Waals surface area contributed by atoms with Crippen LogP contribution in [0.25, 0.3) is 17.4 Å². The number of hydrogen-bond acceptors (Lipinski definition) is 4. The molecule has 0 saturated heterocycles. The van der Waals surface area contributed by atoms with Crippen molar-refractivity contribution in [3.05, 3.63) is 105 Å². The zero-order valence-corrected chi connectivity index (χ0v) is 21.1. The summed E-state index contributed by atoms with van der Waals surface area (Å²) in [4.78, 5) is 25.0. The average molecular weight is 542 g/mol. The third-order valence-corrected chi connectivity index (χ3v) is 5.77. The Hall–Kier alpha value is -3.71. The van der Waals surface area contributed by atoms with Gasteiger partial charge in [0.05, 0.1) is 23.4 Å². The van der Waals surface area contributed by atoms with E-state index in [4.69, 9.17) is 44.0 Å². The van der Waals surface area contributed by atoms with Gasteiger partial charge in [-0.25, -0.2) is 0 Å². The number of ether oxygens (including phenoxy) is 1. The Morgan fingerprint density at radius 3 is 2.36 bits per heavy atom. The predicted molar refractivity (Wildman–Crippen MR) is 144 cm³/mol. The van der Waals surface area contributed by atoms with Gasteiger partial charge in [-0.15, -0.1) is 0 Å². The third kappa shape index (κ3) is 6.29. The fourth-order valence-corrected chi connectivity index (χ4v) is 4.09. The van der Waals surface area contributed by atoms with E-state index in [2.05, 4.69) is 10.6 Å². The van der Waals surface area contributed by atoms with Crippen LogP contribution in [0.3, 0.4) is 0 Å². The van der Waals surface area contributed by atoms with Crippen molar-refractivity contribution < 1.29 is 18.7 Å². The first-order chi connectivity index (χ1) is 17.3. The van der Waals surface area contributed by atoms with Gasteiger partial charge in [-0.2, -0.15) is 0 Å². The number of carbonyl (C=O) groups excluding carboxylic acids is 2. The van der Waals surface area contributed by atoms with E-state index < -0.39 is 0 Å². The number of amides is 2. The summed E-state index contributed by atoms with van der Waals surface area (Å²) in [5.41, 5.74) is 1.97. The molecule has 2 amide bonds. The maximum absolute atomic E-state index is 12.6. The lowest BCUT2D eigenvalue weighted by molar-refractivity contribution is -0.111. The molecule has 0 aliphatic carbocycles. The van der Waals surface area contributed by atoms with Crippen LogP contribution in [0.5, 0.6) is 5.75 Å². The van der Waals surface area contributed by atoms with Gasteiger partial charge in [0.25, 0.3) is 5.91 Å². The van der Waals surface area contributed by atoms with Crippen LogP contribution in [0.4, 0.5) is 11.4 Å². The van der Waals surface area contributed by atoms with Gasteiger partial charge in [0.1, 0.15) is 17.3 Å². The Labute approximate surface area is 222 Å². The zero-order chi connectivity index (χ0) is 25.7. The van der Waals surface area contributed by atoms with Gasteiger partial charge in [-0.3, -0.25) is 9.59 Å². The molecule has 0 atom stereocenters. The maximum Gasteiger partial charge on any atom is 0.257 e. The topological polar surface area (TPSA) is 80.6 Å². The van der Waals surface area contributed by atoms with Crippen molar-refractivity contribution in [3.8, 4) is 17.1 Å². The molecular weight excluding hydrogens is 523 g/mol. The molecule has 0 spiro atoms. The fraction of sp³-hybridized carbons (Fsp3) is 0.0370. The molecule has 1 heterocycles. The van der Waals surface area contributed by atoms with Crippen molar-refractivity contribution in [2.24, 2.45) is 0 Å². The number of hydrogen-bond donors (Lipinski definition) is 2. The molecule has 6 nitrogen and oxygen atoms in total. The predicted octanol–water partition coefficient (Wildman–Crippen LogP) is 7.82. The van der Waals surface area contributed by atoms with Gasteiger partial charge in [0.15, 0.2) is 0 Å². The molecule has 0 radical (unpaired) electrons. The van der Waals surface area contributed by atoms with Gasteiger partial charge in [-0.1, -0.05) is 46.9 Å². The van der Waals surface area contributed by atoms with Crippen LogP contribution in [-0.4, -0.2) is 18.9 Å². The second kappa shape index (κ2) is 11.4. The van der Waals surface area contributed by atoms with E-state index in [1.54, 1.807) is 78.9 Å². The Morgan fingerprint density at radius 1 is 0.889 bits per heavy atom. The van der Waals surface area contributed by atoms with E-state index >= 15 is 0 Å². The number of anilines is 2. The summed E-state index contributed by atoms with van der Waals surface area (Å²) in [7, 11) is 1.47. The minimum absolute atomic E-state index is 0.336. The molecule has 0 unspecified atom stereocenters. The number of halogens is 3. The molecule has 0 aliphatic heterocycles. The van der Waals surface area contributed by atoms with Gasteiger partial charge < -0.3 is 19.8 Å². The van der Waals surface area contributed by atoms with E-state index in [0.29, 0.717) is 49.3 Å². The molecule has 0 aliphatic rings. The summed E-state index contributed by atoms with van der Waals surface area (Å²) >= 11 is 18.2. The monoisotopic (exact) mass is 540 g/mol. The van der Waals surface area contributed by atoms with Crippen molar-refractivity contribution >= 4 is 64.1 Å². The molecular formula is C27H19Cl3N2O4. The molecule has 9 heteroatoms. The van der Waals surface area contributed by atoms with Gasteiger partial charge >= 0.3 is 0 Å². The summed E-state index contributed by atoms with van der Waals surface area (Å²) < 4.78 is 11.1. The van der Waals surface area contributed by atoms with Crippen molar-refractivity contribution in [3.63, 3.8) is 0 Å². The van der Waals surface area contributed by atoms with Crippen molar-refractivity contribution in [2.75, 3.05) is 17.7 Å². The number of nitrogens with one attached hydrogen (secondary N) is 2. The molecule has 1 aromatic heterocycles. The highest BCUT2D eigenvalue weighted by Crippen LogP contribution is 2.30. The number of carbonyl (C=O) groups is 2. The first-order valence-corrected chi connectivity index (χ1v) is 11.7. The van der Waals surface area contributed by atoms with Crippen LogP contribution in [0.15, 0.2) is 83.3 Å². The van der Waals surface area contributed by atoms with E-state index in [-0.39, 0.29) is 11.8 Å². The van der Waals surface area contributed by atoms with Crippen molar-refractivity contribution in [1.29, 1.82) is 0 Å². The highest BCUT2D eigenvalue weighted by atomic mass is 35.5. The van der Waals surface area contributed by atoms with E-state index in [0.717, 1.165) is 5.56 Å². The second-order valence-corrected chi connectivity index (χ2v) is 8.81. The third-order valence-electron chi connectivity index (χ3n) is 5.01. The van der Waals surface area contributed by atoms with Crippen LogP contribution < -0.4 is 15.4 Å². The summed E-state index contributed by atoms with van der Waals surface area (Å²) in [6, 6.07) is 20.2. The minimum atomic E-state index is -0.381. The summed E-state index contributed by atoms with van der Waals surface area (Å²) in [5.74, 6) is 0.656. The SMILES string of the molecule is COc1cc(NC(=O)/C=C/c2ccc(-c3cc(Cl)cc(Cl)c3)o2)ccc1NC(=O)c1ccccc1Cl.